The third kappa shape index (κ3) is 7.19. The van der Waals surface area contributed by atoms with Gasteiger partial charge in [-0.1, -0.05) is 40.2 Å². The summed E-state index contributed by atoms with van der Waals surface area (Å²) in [4.78, 5) is 11.7. The lowest BCUT2D eigenvalue weighted by molar-refractivity contribution is -0.155. The number of carbonyl (C=O) groups is 1. The molecule has 0 heterocycles. The van der Waals surface area contributed by atoms with Crippen LogP contribution in [0, 0.1) is 5.92 Å². The van der Waals surface area contributed by atoms with Gasteiger partial charge >= 0.3 is 5.97 Å². The Balaban J connectivity index is 4.48. The van der Waals surface area contributed by atoms with E-state index in [0.29, 0.717) is 11.5 Å². The SMILES string of the molecule is C=C(C)C(=O)OC(C)(CCCCC)CC(C)C. The van der Waals surface area contributed by atoms with Gasteiger partial charge in [-0.25, -0.2) is 4.79 Å². The second-order valence-electron chi connectivity index (χ2n) is 5.67. The van der Waals surface area contributed by atoms with Crippen molar-refractivity contribution >= 4 is 5.97 Å². The highest BCUT2D eigenvalue weighted by atomic mass is 16.6. The fourth-order valence-corrected chi connectivity index (χ4v) is 2.12. The molecule has 0 aromatic rings. The summed E-state index contributed by atoms with van der Waals surface area (Å²) in [6.45, 7) is 13.9. The molecule has 100 valence electrons. The molecule has 0 aromatic carbocycles. The van der Waals surface area contributed by atoms with Crippen LogP contribution in [0.5, 0.6) is 0 Å². The van der Waals surface area contributed by atoms with Crippen molar-refractivity contribution in [1.82, 2.24) is 0 Å². The van der Waals surface area contributed by atoms with E-state index >= 15 is 0 Å². The molecule has 0 aliphatic heterocycles. The summed E-state index contributed by atoms with van der Waals surface area (Å²) in [5.74, 6) is 0.268. The standard InChI is InChI=1S/C15H28O2/c1-7-8-9-10-15(6,11-12(2)3)17-14(16)13(4)5/h12H,4,7-11H2,1-3,5-6H3. The maximum absolute atomic E-state index is 11.7. The van der Waals surface area contributed by atoms with E-state index < -0.39 is 0 Å². The van der Waals surface area contributed by atoms with E-state index in [1.807, 2.05) is 6.92 Å². The van der Waals surface area contributed by atoms with Crippen molar-refractivity contribution in [2.45, 2.75) is 72.3 Å². The predicted molar refractivity (Wildman–Crippen MR) is 72.9 cm³/mol. The van der Waals surface area contributed by atoms with Gasteiger partial charge in [0, 0.05) is 5.57 Å². The summed E-state index contributed by atoms with van der Waals surface area (Å²) in [5, 5.41) is 0. The molecule has 17 heavy (non-hydrogen) atoms. The highest BCUT2D eigenvalue weighted by Crippen LogP contribution is 2.28. The summed E-state index contributed by atoms with van der Waals surface area (Å²) in [5.41, 5.74) is 0.148. The van der Waals surface area contributed by atoms with E-state index in [2.05, 4.69) is 27.4 Å². The molecule has 1 atom stereocenters. The molecule has 0 N–H and O–H groups in total. The van der Waals surface area contributed by atoms with Crippen LogP contribution in [-0.4, -0.2) is 11.6 Å². The van der Waals surface area contributed by atoms with Crippen molar-refractivity contribution in [3.8, 4) is 0 Å². The smallest absolute Gasteiger partial charge is 0.333 e. The maximum atomic E-state index is 11.7. The largest absolute Gasteiger partial charge is 0.456 e. The van der Waals surface area contributed by atoms with Crippen molar-refractivity contribution in [3.05, 3.63) is 12.2 Å². The quantitative estimate of drug-likeness (QED) is 0.355. The second kappa shape index (κ2) is 7.52. The van der Waals surface area contributed by atoms with Crippen molar-refractivity contribution < 1.29 is 9.53 Å². The third-order valence-electron chi connectivity index (χ3n) is 2.84. The lowest BCUT2D eigenvalue weighted by Crippen LogP contribution is -2.33. The van der Waals surface area contributed by atoms with Crippen molar-refractivity contribution in [2.24, 2.45) is 5.92 Å². The van der Waals surface area contributed by atoms with E-state index in [1.54, 1.807) is 6.92 Å². The number of rotatable bonds is 8. The first kappa shape index (κ1) is 16.2. The van der Waals surface area contributed by atoms with E-state index in [4.69, 9.17) is 4.74 Å². The van der Waals surface area contributed by atoms with Gasteiger partial charge < -0.3 is 4.74 Å². The Labute approximate surface area is 106 Å². The zero-order valence-electron chi connectivity index (χ0n) is 12.1. The van der Waals surface area contributed by atoms with Crippen LogP contribution < -0.4 is 0 Å². The number of hydrogen-bond donors (Lipinski definition) is 0. The Morgan fingerprint density at radius 2 is 1.94 bits per heavy atom. The number of unbranched alkanes of at least 4 members (excludes halogenated alkanes) is 2. The Morgan fingerprint density at radius 1 is 1.35 bits per heavy atom. The number of ether oxygens (including phenoxy) is 1. The molecule has 0 saturated heterocycles. The van der Waals surface area contributed by atoms with Crippen LogP contribution >= 0.6 is 0 Å². The monoisotopic (exact) mass is 240 g/mol. The van der Waals surface area contributed by atoms with Gasteiger partial charge in [-0.2, -0.15) is 0 Å². The van der Waals surface area contributed by atoms with E-state index in [1.165, 1.54) is 12.8 Å². The van der Waals surface area contributed by atoms with Crippen LogP contribution in [0.25, 0.3) is 0 Å². The fourth-order valence-electron chi connectivity index (χ4n) is 2.12. The van der Waals surface area contributed by atoms with Gasteiger partial charge in [0.15, 0.2) is 0 Å². The first-order chi connectivity index (χ1) is 7.80. The number of carbonyl (C=O) groups excluding carboxylic acids is 1. The summed E-state index contributed by atoms with van der Waals surface area (Å²) >= 11 is 0. The van der Waals surface area contributed by atoms with Gasteiger partial charge in [0.25, 0.3) is 0 Å². The third-order valence-corrected chi connectivity index (χ3v) is 2.84. The minimum absolute atomic E-state index is 0.260. The minimum atomic E-state index is -0.334. The second-order valence-corrected chi connectivity index (χ2v) is 5.67. The van der Waals surface area contributed by atoms with E-state index in [-0.39, 0.29) is 11.6 Å². The molecule has 0 amide bonds. The topological polar surface area (TPSA) is 26.3 Å². The van der Waals surface area contributed by atoms with Crippen LogP contribution in [0.15, 0.2) is 12.2 Å². The van der Waals surface area contributed by atoms with Gasteiger partial charge in [-0.05, 0) is 39.0 Å². The average Bonchev–Trinajstić information content (AvgIpc) is 2.16. The molecule has 2 nitrogen and oxygen atoms in total. The molecule has 0 fully saturated rings. The molecular weight excluding hydrogens is 212 g/mol. The maximum Gasteiger partial charge on any atom is 0.333 e. The average molecular weight is 240 g/mol. The van der Waals surface area contributed by atoms with Crippen molar-refractivity contribution in [1.29, 1.82) is 0 Å². The van der Waals surface area contributed by atoms with Gasteiger partial charge in [-0.15, -0.1) is 0 Å². The van der Waals surface area contributed by atoms with Gasteiger partial charge in [0.05, 0.1) is 0 Å². The van der Waals surface area contributed by atoms with Crippen molar-refractivity contribution in [3.63, 3.8) is 0 Å². The van der Waals surface area contributed by atoms with Gasteiger partial charge in [0.2, 0.25) is 0 Å². The number of esters is 1. The minimum Gasteiger partial charge on any atom is -0.456 e. The number of hydrogen-bond acceptors (Lipinski definition) is 2. The van der Waals surface area contributed by atoms with Crippen LogP contribution in [0.4, 0.5) is 0 Å². The molecular formula is C15H28O2. The molecule has 0 rings (SSSR count). The summed E-state index contributed by atoms with van der Waals surface area (Å²) in [7, 11) is 0. The highest BCUT2D eigenvalue weighted by molar-refractivity contribution is 5.87. The predicted octanol–water partition coefficient (Wildman–Crippen LogP) is 4.49. The fraction of sp³-hybridized carbons (Fsp3) is 0.800. The Hall–Kier alpha value is -0.790. The Kier molecular flexibility index (Phi) is 7.17. The Morgan fingerprint density at radius 3 is 2.35 bits per heavy atom. The first-order valence-electron chi connectivity index (χ1n) is 6.69. The zero-order valence-corrected chi connectivity index (χ0v) is 12.1. The van der Waals surface area contributed by atoms with E-state index in [9.17, 15) is 4.79 Å². The van der Waals surface area contributed by atoms with Crippen LogP contribution in [-0.2, 0) is 9.53 Å². The molecule has 1 unspecified atom stereocenters. The molecule has 0 bridgehead atoms. The Bertz CT molecular complexity index is 256. The lowest BCUT2D eigenvalue weighted by Gasteiger charge is -2.31. The molecule has 0 aliphatic rings. The van der Waals surface area contributed by atoms with Crippen LogP contribution in [0.1, 0.15) is 66.7 Å². The molecule has 0 radical (unpaired) electrons. The normalized spacial score (nSPS) is 14.5. The summed E-state index contributed by atoms with van der Waals surface area (Å²) in [6, 6.07) is 0. The highest BCUT2D eigenvalue weighted by Gasteiger charge is 2.29. The molecule has 0 aliphatic carbocycles. The molecule has 2 heteroatoms. The summed E-state index contributed by atoms with van der Waals surface area (Å²) < 4.78 is 5.62. The first-order valence-corrected chi connectivity index (χ1v) is 6.69. The lowest BCUT2D eigenvalue weighted by atomic mass is 9.89. The van der Waals surface area contributed by atoms with Gasteiger partial charge in [-0.3, -0.25) is 0 Å². The molecule has 0 spiro atoms. The summed E-state index contributed by atoms with van der Waals surface area (Å²) in [6.07, 6.45) is 5.35. The van der Waals surface area contributed by atoms with Crippen LogP contribution in [0.3, 0.4) is 0 Å². The molecule has 0 aromatic heterocycles. The van der Waals surface area contributed by atoms with Gasteiger partial charge in [0.1, 0.15) is 5.60 Å². The molecule has 0 saturated carbocycles. The van der Waals surface area contributed by atoms with Crippen LogP contribution in [0.2, 0.25) is 0 Å². The van der Waals surface area contributed by atoms with E-state index in [0.717, 1.165) is 19.3 Å². The zero-order chi connectivity index (χ0) is 13.5. The van der Waals surface area contributed by atoms with Crippen molar-refractivity contribution in [2.75, 3.05) is 0 Å².